The third-order valence-corrected chi connectivity index (χ3v) is 2.81. The Morgan fingerprint density at radius 3 is 2.87 bits per heavy atom. The van der Waals surface area contributed by atoms with Gasteiger partial charge in [0.05, 0.1) is 0 Å². The van der Waals surface area contributed by atoms with Gasteiger partial charge >= 0.3 is 0 Å². The summed E-state index contributed by atoms with van der Waals surface area (Å²) in [5.74, 6) is 0. The molecule has 80 valence electrons. The van der Waals surface area contributed by atoms with Gasteiger partial charge < -0.3 is 5.32 Å². The average molecular weight is 201 g/mol. The van der Waals surface area contributed by atoms with Crippen LogP contribution in [0.3, 0.4) is 0 Å². The molecular weight excluding hydrogens is 182 g/mol. The van der Waals surface area contributed by atoms with Crippen molar-refractivity contribution in [2.75, 3.05) is 6.54 Å². The first-order valence-corrected chi connectivity index (χ1v) is 5.82. The molecule has 0 radical (unpaired) electrons. The standard InChI is InChI=1S/C14H19N/c1-12-6-2-3-7-13(12)8-4-5-11-15-14-9-10-14/h2-4,6-8,14-15H,5,9-11H2,1H3. The van der Waals surface area contributed by atoms with Crippen molar-refractivity contribution >= 4 is 6.08 Å². The molecule has 0 unspecified atom stereocenters. The molecule has 0 atom stereocenters. The van der Waals surface area contributed by atoms with Crippen molar-refractivity contribution in [3.05, 3.63) is 41.5 Å². The fourth-order valence-electron chi connectivity index (χ4n) is 1.64. The molecule has 0 spiro atoms. The van der Waals surface area contributed by atoms with Crippen LogP contribution in [-0.4, -0.2) is 12.6 Å². The summed E-state index contributed by atoms with van der Waals surface area (Å²) in [5, 5.41) is 3.51. The number of hydrogen-bond acceptors (Lipinski definition) is 1. The topological polar surface area (TPSA) is 12.0 Å². The summed E-state index contributed by atoms with van der Waals surface area (Å²) < 4.78 is 0. The van der Waals surface area contributed by atoms with E-state index in [1.807, 2.05) is 0 Å². The van der Waals surface area contributed by atoms with Crippen molar-refractivity contribution < 1.29 is 0 Å². The molecule has 1 aliphatic rings. The Morgan fingerprint density at radius 1 is 1.33 bits per heavy atom. The van der Waals surface area contributed by atoms with Crippen LogP contribution in [0.25, 0.3) is 6.08 Å². The molecule has 1 fully saturated rings. The van der Waals surface area contributed by atoms with Crippen LogP contribution in [0.5, 0.6) is 0 Å². The zero-order valence-electron chi connectivity index (χ0n) is 9.37. The quantitative estimate of drug-likeness (QED) is 0.722. The molecule has 1 aromatic carbocycles. The lowest BCUT2D eigenvalue weighted by atomic mass is 10.1. The Kier molecular flexibility index (Phi) is 3.57. The molecule has 0 amide bonds. The second-order valence-electron chi connectivity index (χ2n) is 4.28. The Balaban J connectivity index is 1.74. The average Bonchev–Trinajstić information content (AvgIpc) is 3.04. The normalized spacial score (nSPS) is 16.1. The van der Waals surface area contributed by atoms with E-state index in [1.54, 1.807) is 0 Å². The van der Waals surface area contributed by atoms with Gasteiger partial charge in [-0.1, -0.05) is 36.4 Å². The van der Waals surface area contributed by atoms with Crippen molar-refractivity contribution in [1.29, 1.82) is 0 Å². The zero-order chi connectivity index (χ0) is 10.5. The first-order valence-electron chi connectivity index (χ1n) is 5.82. The molecule has 1 aliphatic carbocycles. The van der Waals surface area contributed by atoms with Crippen LogP contribution in [0, 0.1) is 6.92 Å². The van der Waals surface area contributed by atoms with Crippen LogP contribution in [-0.2, 0) is 0 Å². The predicted molar refractivity (Wildman–Crippen MR) is 65.9 cm³/mol. The molecule has 1 heteroatoms. The first-order chi connectivity index (χ1) is 7.36. The molecule has 0 aliphatic heterocycles. The van der Waals surface area contributed by atoms with Crippen LogP contribution < -0.4 is 5.32 Å². The number of hydrogen-bond donors (Lipinski definition) is 1. The molecule has 1 nitrogen and oxygen atoms in total. The Labute approximate surface area is 92.2 Å². The minimum Gasteiger partial charge on any atom is -0.314 e. The Bertz CT molecular complexity index is 337. The molecule has 0 saturated heterocycles. The zero-order valence-corrected chi connectivity index (χ0v) is 9.37. The summed E-state index contributed by atoms with van der Waals surface area (Å²) in [6, 6.07) is 9.33. The molecule has 0 aromatic heterocycles. The van der Waals surface area contributed by atoms with Crippen LogP contribution in [0.15, 0.2) is 30.3 Å². The Hall–Kier alpha value is -1.08. The first kappa shape index (κ1) is 10.4. The molecule has 1 saturated carbocycles. The van der Waals surface area contributed by atoms with Gasteiger partial charge in [-0.05, 0) is 43.9 Å². The maximum absolute atomic E-state index is 3.51. The highest BCUT2D eigenvalue weighted by Crippen LogP contribution is 2.18. The van der Waals surface area contributed by atoms with Gasteiger partial charge in [0.25, 0.3) is 0 Å². The fraction of sp³-hybridized carbons (Fsp3) is 0.429. The molecule has 2 rings (SSSR count). The number of aryl methyl sites for hydroxylation is 1. The van der Waals surface area contributed by atoms with Crippen LogP contribution in [0.4, 0.5) is 0 Å². The van der Waals surface area contributed by atoms with E-state index in [2.05, 4.69) is 48.7 Å². The van der Waals surface area contributed by atoms with Gasteiger partial charge in [-0.3, -0.25) is 0 Å². The van der Waals surface area contributed by atoms with Gasteiger partial charge in [0.15, 0.2) is 0 Å². The largest absolute Gasteiger partial charge is 0.314 e. The minimum atomic E-state index is 0.830. The van der Waals surface area contributed by atoms with Gasteiger partial charge in [-0.2, -0.15) is 0 Å². The second kappa shape index (κ2) is 5.13. The molecular formula is C14H19N. The lowest BCUT2D eigenvalue weighted by Gasteiger charge is -1.99. The van der Waals surface area contributed by atoms with Crippen LogP contribution >= 0.6 is 0 Å². The summed E-state index contributed by atoms with van der Waals surface area (Å²) in [6.45, 7) is 3.27. The smallest absolute Gasteiger partial charge is 0.00683 e. The SMILES string of the molecule is Cc1ccccc1C=CCCNC1CC1. The van der Waals surface area contributed by atoms with Gasteiger partial charge in [-0.15, -0.1) is 0 Å². The van der Waals surface area contributed by atoms with E-state index >= 15 is 0 Å². The van der Waals surface area contributed by atoms with Crippen LogP contribution in [0.2, 0.25) is 0 Å². The van der Waals surface area contributed by atoms with Gasteiger partial charge in [0.2, 0.25) is 0 Å². The van der Waals surface area contributed by atoms with Crippen molar-refractivity contribution in [3.8, 4) is 0 Å². The Morgan fingerprint density at radius 2 is 2.13 bits per heavy atom. The summed E-state index contributed by atoms with van der Waals surface area (Å²) in [6.07, 6.45) is 8.37. The van der Waals surface area contributed by atoms with Gasteiger partial charge in [-0.25, -0.2) is 0 Å². The monoisotopic (exact) mass is 201 g/mol. The van der Waals surface area contributed by atoms with E-state index in [1.165, 1.54) is 24.0 Å². The van der Waals surface area contributed by atoms with E-state index in [0.29, 0.717) is 0 Å². The molecule has 0 heterocycles. The third-order valence-electron chi connectivity index (χ3n) is 2.81. The summed E-state index contributed by atoms with van der Waals surface area (Å²) in [4.78, 5) is 0. The highest BCUT2D eigenvalue weighted by molar-refractivity contribution is 5.53. The van der Waals surface area contributed by atoms with E-state index in [0.717, 1.165) is 19.0 Å². The predicted octanol–water partition coefficient (Wildman–Crippen LogP) is 3.15. The maximum atomic E-state index is 3.51. The van der Waals surface area contributed by atoms with Crippen molar-refractivity contribution in [2.24, 2.45) is 0 Å². The number of nitrogens with one attached hydrogen (secondary N) is 1. The minimum absolute atomic E-state index is 0.830. The highest BCUT2D eigenvalue weighted by Gasteiger charge is 2.19. The fourth-order valence-corrected chi connectivity index (χ4v) is 1.64. The van der Waals surface area contributed by atoms with E-state index in [9.17, 15) is 0 Å². The molecule has 1 N–H and O–H groups in total. The molecule has 15 heavy (non-hydrogen) atoms. The van der Waals surface area contributed by atoms with E-state index in [4.69, 9.17) is 0 Å². The van der Waals surface area contributed by atoms with Crippen LogP contribution in [0.1, 0.15) is 30.4 Å². The van der Waals surface area contributed by atoms with Gasteiger partial charge in [0, 0.05) is 6.04 Å². The summed E-state index contributed by atoms with van der Waals surface area (Å²) >= 11 is 0. The second-order valence-corrected chi connectivity index (χ2v) is 4.28. The highest BCUT2D eigenvalue weighted by atomic mass is 14.9. The summed E-state index contributed by atoms with van der Waals surface area (Å²) in [5.41, 5.74) is 2.69. The molecule has 0 bridgehead atoms. The lowest BCUT2D eigenvalue weighted by molar-refractivity contribution is 0.691. The van der Waals surface area contributed by atoms with Crippen molar-refractivity contribution in [2.45, 2.75) is 32.2 Å². The molecule has 1 aromatic rings. The number of benzene rings is 1. The maximum Gasteiger partial charge on any atom is 0.00683 e. The van der Waals surface area contributed by atoms with E-state index < -0.39 is 0 Å². The van der Waals surface area contributed by atoms with Crippen molar-refractivity contribution in [1.82, 2.24) is 5.32 Å². The van der Waals surface area contributed by atoms with Crippen molar-refractivity contribution in [3.63, 3.8) is 0 Å². The lowest BCUT2D eigenvalue weighted by Crippen LogP contribution is -2.16. The van der Waals surface area contributed by atoms with E-state index in [-0.39, 0.29) is 0 Å². The third kappa shape index (κ3) is 3.52. The number of rotatable bonds is 5. The summed E-state index contributed by atoms with van der Waals surface area (Å²) in [7, 11) is 0. The van der Waals surface area contributed by atoms with Gasteiger partial charge in [0.1, 0.15) is 0 Å².